The summed E-state index contributed by atoms with van der Waals surface area (Å²) in [6.07, 6.45) is 0.0654. The highest BCUT2D eigenvalue weighted by Crippen LogP contribution is 2.19. The summed E-state index contributed by atoms with van der Waals surface area (Å²) in [5, 5.41) is 12.0. The molecule has 0 spiro atoms. The molecule has 0 aromatic heterocycles. The van der Waals surface area contributed by atoms with E-state index in [0.717, 1.165) is 11.1 Å². The second-order valence-electron chi connectivity index (χ2n) is 6.96. The van der Waals surface area contributed by atoms with Gasteiger partial charge < -0.3 is 15.3 Å². The van der Waals surface area contributed by atoms with Crippen molar-refractivity contribution in [1.29, 1.82) is 0 Å². The number of amides is 2. The number of sulfone groups is 1. The Morgan fingerprint density at radius 2 is 1.55 bits per heavy atom. The lowest BCUT2D eigenvalue weighted by Crippen LogP contribution is -2.53. The van der Waals surface area contributed by atoms with Gasteiger partial charge in [0.1, 0.15) is 6.04 Å². The van der Waals surface area contributed by atoms with Gasteiger partial charge in [-0.15, -0.1) is 0 Å². The molecule has 0 aliphatic carbocycles. The molecular formula is C21H24N2O5S. The van der Waals surface area contributed by atoms with Crippen LogP contribution in [0.5, 0.6) is 0 Å². The van der Waals surface area contributed by atoms with Gasteiger partial charge in [-0.3, -0.25) is 9.59 Å². The van der Waals surface area contributed by atoms with Gasteiger partial charge in [-0.05, 0) is 29.7 Å². The van der Waals surface area contributed by atoms with Crippen molar-refractivity contribution >= 4 is 21.7 Å². The molecule has 0 bridgehead atoms. The van der Waals surface area contributed by atoms with Crippen LogP contribution in [0.25, 0.3) is 11.1 Å². The molecule has 2 N–H and O–H groups in total. The van der Waals surface area contributed by atoms with Gasteiger partial charge in [0.25, 0.3) is 5.91 Å². The normalized spacial score (nSPS) is 16.8. The van der Waals surface area contributed by atoms with Crippen LogP contribution in [0.1, 0.15) is 16.8 Å². The van der Waals surface area contributed by atoms with Gasteiger partial charge in [0.2, 0.25) is 5.91 Å². The SMILES string of the molecule is O=C(N[C@@H](CCO)C(=O)N1CCS(=O)(=O)CC1)c1ccc(-c2ccccc2)cc1. The second-order valence-corrected chi connectivity index (χ2v) is 9.26. The Bertz CT molecular complexity index is 944. The topological polar surface area (TPSA) is 104 Å². The van der Waals surface area contributed by atoms with Gasteiger partial charge in [0, 0.05) is 25.3 Å². The average Bonchev–Trinajstić information content (AvgIpc) is 2.73. The second kappa shape index (κ2) is 9.19. The van der Waals surface area contributed by atoms with Crippen LogP contribution < -0.4 is 5.32 Å². The van der Waals surface area contributed by atoms with Crippen LogP contribution in [0.15, 0.2) is 54.6 Å². The number of hydrogen-bond acceptors (Lipinski definition) is 5. The van der Waals surface area contributed by atoms with E-state index in [4.69, 9.17) is 0 Å². The van der Waals surface area contributed by atoms with Crippen molar-refractivity contribution < 1.29 is 23.1 Å². The Morgan fingerprint density at radius 3 is 2.14 bits per heavy atom. The fraction of sp³-hybridized carbons (Fsp3) is 0.333. The number of nitrogens with zero attached hydrogens (tertiary/aromatic N) is 1. The molecule has 2 aromatic rings. The van der Waals surface area contributed by atoms with Crippen molar-refractivity contribution in [2.24, 2.45) is 0 Å². The minimum Gasteiger partial charge on any atom is -0.396 e. The molecule has 1 aliphatic rings. The van der Waals surface area contributed by atoms with Gasteiger partial charge in [-0.1, -0.05) is 42.5 Å². The predicted octanol–water partition coefficient (Wildman–Crippen LogP) is 1.09. The van der Waals surface area contributed by atoms with Crippen molar-refractivity contribution in [1.82, 2.24) is 10.2 Å². The molecule has 2 amide bonds. The Morgan fingerprint density at radius 1 is 0.966 bits per heavy atom. The highest BCUT2D eigenvalue weighted by Gasteiger charge is 2.30. The maximum absolute atomic E-state index is 12.7. The average molecular weight is 416 g/mol. The summed E-state index contributed by atoms with van der Waals surface area (Å²) in [4.78, 5) is 26.7. The standard InChI is InChI=1S/C21H24N2O5S/c24-13-10-19(21(26)23-11-14-29(27,28)15-12-23)22-20(25)18-8-6-17(7-9-18)16-4-2-1-3-5-16/h1-9,19,24H,10-15H2,(H,22,25)/t19-/m0/s1. The summed E-state index contributed by atoms with van der Waals surface area (Å²) in [6.45, 7) is -0.0642. The van der Waals surface area contributed by atoms with Gasteiger partial charge in [0.15, 0.2) is 9.84 Å². The molecule has 3 rings (SSSR count). The molecular weight excluding hydrogens is 392 g/mol. The van der Waals surface area contributed by atoms with Gasteiger partial charge in [-0.25, -0.2) is 8.42 Å². The van der Waals surface area contributed by atoms with E-state index in [-0.39, 0.29) is 43.5 Å². The number of aliphatic hydroxyl groups is 1. The number of nitrogens with one attached hydrogen (secondary N) is 1. The fourth-order valence-corrected chi connectivity index (χ4v) is 4.43. The largest absolute Gasteiger partial charge is 0.396 e. The molecule has 0 saturated carbocycles. The third kappa shape index (κ3) is 5.42. The van der Waals surface area contributed by atoms with Gasteiger partial charge >= 0.3 is 0 Å². The summed E-state index contributed by atoms with van der Waals surface area (Å²) in [5.41, 5.74) is 2.41. The van der Waals surface area contributed by atoms with Crippen LogP contribution in [0, 0.1) is 0 Å². The third-order valence-corrected chi connectivity index (χ3v) is 6.54. The van der Waals surface area contributed by atoms with E-state index < -0.39 is 21.8 Å². The Balaban J connectivity index is 1.67. The lowest BCUT2D eigenvalue weighted by atomic mass is 10.0. The minimum absolute atomic E-state index is 0.0654. The molecule has 1 saturated heterocycles. The predicted molar refractivity (Wildman–Crippen MR) is 110 cm³/mol. The number of carbonyl (C=O) groups is 2. The van der Waals surface area contributed by atoms with E-state index in [1.54, 1.807) is 12.1 Å². The first-order valence-corrected chi connectivity index (χ1v) is 11.3. The van der Waals surface area contributed by atoms with Crippen molar-refractivity contribution in [3.63, 3.8) is 0 Å². The van der Waals surface area contributed by atoms with Crippen molar-refractivity contribution in [3.05, 3.63) is 60.2 Å². The van der Waals surface area contributed by atoms with E-state index in [9.17, 15) is 23.1 Å². The monoisotopic (exact) mass is 416 g/mol. The maximum Gasteiger partial charge on any atom is 0.251 e. The first-order valence-electron chi connectivity index (χ1n) is 9.46. The smallest absolute Gasteiger partial charge is 0.251 e. The van der Waals surface area contributed by atoms with E-state index in [1.165, 1.54) is 4.90 Å². The maximum atomic E-state index is 12.7. The summed E-state index contributed by atoms with van der Waals surface area (Å²) in [6, 6.07) is 15.9. The molecule has 29 heavy (non-hydrogen) atoms. The molecule has 1 aliphatic heterocycles. The summed E-state index contributed by atoms with van der Waals surface area (Å²) in [5.74, 6) is -0.955. The Labute approximate surface area is 170 Å². The summed E-state index contributed by atoms with van der Waals surface area (Å²) in [7, 11) is -3.11. The zero-order chi connectivity index (χ0) is 20.9. The highest BCUT2D eigenvalue weighted by atomic mass is 32.2. The van der Waals surface area contributed by atoms with Crippen molar-refractivity contribution in [2.45, 2.75) is 12.5 Å². The van der Waals surface area contributed by atoms with Gasteiger partial charge in [0.05, 0.1) is 11.5 Å². The number of benzene rings is 2. The number of aliphatic hydroxyl groups excluding tert-OH is 1. The number of carbonyl (C=O) groups excluding carboxylic acids is 2. The first kappa shape index (κ1) is 21.0. The van der Waals surface area contributed by atoms with Crippen LogP contribution in [0.3, 0.4) is 0 Å². The lowest BCUT2D eigenvalue weighted by Gasteiger charge is -2.30. The Hall–Kier alpha value is -2.71. The van der Waals surface area contributed by atoms with E-state index >= 15 is 0 Å². The minimum atomic E-state index is -3.11. The van der Waals surface area contributed by atoms with E-state index in [0.29, 0.717) is 5.56 Å². The first-order chi connectivity index (χ1) is 13.9. The molecule has 154 valence electrons. The molecule has 1 fully saturated rings. The molecule has 2 aromatic carbocycles. The van der Waals surface area contributed by atoms with Crippen LogP contribution in [0.4, 0.5) is 0 Å². The van der Waals surface area contributed by atoms with Gasteiger partial charge in [-0.2, -0.15) is 0 Å². The Kier molecular flexibility index (Phi) is 6.66. The number of rotatable bonds is 6. The zero-order valence-corrected chi connectivity index (χ0v) is 16.8. The summed E-state index contributed by atoms with van der Waals surface area (Å²) >= 11 is 0. The van der Waals surface area contributed by atoms with Crippen LogP contribution in [-0.2, 0) is 14.6 Å². The molecule has 7 nitrogen and oxygen atoms in total. The van der Waals surface area contributed by atoms with Crippen LogP contribution >= 0.6 is 0 Å². The lowest BCUT2D eigenvalue weighted by molar-refractivity contribution is -0.133. The number of hydrogen-bond donors (Lipinski definition) is 2. The molecule has 8 heteroatoms. The van der Waals surface area contributed by atoms with Crippen molar-refractivity contribution in [2.75, 3.05) is 31.2 Å². The van der Waals surface area contributed by atoms with Crippen LogP contribution in [0.2, 0.25) is 0 Å². The molecule has 1 atom stereocenters. The van der Waals surface area contributed by atoms with Crippen LogP contribution in [-0.4, -0.2) is 67.5 Å². The molecule has 0 unspecified atom stereocenters. The fourth-order valence-electron chi connectivity index (χ4n) is 3.23. The summed E-state index contributed by atoms with van der Waals surface area (Å²) < 4.78 is 23.1. The molecule has 0 radical (unpaired) electrons. The third-order valence-electron chi connectivity index (χ3n) is 4.93. The quantitative estimate of drug-likeness (QED) is 0.734. The highest BCUT2D eigenvalue weighted by molar-refractivity contribution is 7.91. The van der Waals surface area contributed by atoms with Crippen molar-refractivity contribution in [3.8, 4) is 11.1 Å². The van der Waals surface area contributed by atoms with E-state index in [1.807, 2.05) is 42.5 Å². The molecule has 1 heterocycles. The van der Waals surface area contributed by atoms with E-state index in [2.05, 4.69) is 5.32 Å². The zero-order valence-electron chi connectivity index (χ0n) is 16.0.